The molecule has 0 radical (unpaired) electrons. The summed E-state index contributed by atoms with van der Waals surface area (Å²) in [5.41, 5.74) is 2.72. The highest BCUT2D eigenvalue weighted by Crippen LogP contribution is 2.32. The number of fused-ring (bicyclic) bond motifs is 1. The molecule has 0 spiro atoms. The van der Waals surface area contributed by atoms with Crippen molar-refractivity contribution in [3.63, 3.8) is 0 Å². The van der Waals surface area contributed by atoms with Gasteiger partial charge in [-0.15, -0.1) is 0 Å². The number of sulfonamides is 1. The topological polar surface area (TPSA) is 75.7 Å². The summed E-state index contributed by atoms with van der Waals surface area (Å²) in [6, 6.07) is 12.4. The van der Waals surface area contributed by atoms with E-state index in [1.54, 1.807) is 37.3 Å². The molecule has 0 aromatic heterocycles. The molecule has 28 heavy (non-hydrogen) atoms. The van der Waals surface area contributed by atoms with E-state index < -0.39 is 10.0 Å². The monoisotopic (exact) mass is 402 g/mol. The molecular formula is C21H26N2O4S. The van der Waals surface area contributed by atoms with Crippen molar-refractivity contribution in [3.05, 3.63) is 53.6 Å². The van der Waals surface area contributed by atoms with Gasteiger partial charge in [-0.3, -0.25) is 9.10 Å². The van der Waals surface area contributed by atoms with Crippen LogP contribution in [-0.4, -0.2) is 32.7 Å². The van der Waals surface area contributed by atoms with Gasteiger partial charge in [0.15, 0.2) is 0 Å². The first-order valence-electron chi connectivity index (χ1n) is 9.51. The summed E-state index contributed by atoms with van der Waals surface area (Å²) < 4.78 is 31.9. The molecular weight excluding hydrogens is 376 g/mol. The fraction of sp³-hybridized carbons (Fsp3) is 0.381. The number of aryl methyl sites for hydroxylation is 1. The third-order valence-electron chi connectivity index (χ3n) is 4.61. The summed E-state index contributed by atoms with van der Waals surface area (Å²) in [7, 11) is -3.34. The van der Waals surface area contributed by atoms with Crippen LogP contribution in [0.15, 0.2) is 42.5 Å². The van der Waals surface area contributed by atoms with Crippen LogP contribution in [0.2, 0.25) is 0 Å². The van der Waals surface area contributed by atoms with Crippen LogP contribution in [-0.2, 0) is 16.4 Å². The molecule has 0 saturated heterocycles. The van der Waals surface area contributed by atoms with Crippen LogP contribution >= 0.6 is 0 Å². The SMILES string of the molecule is CCS(=O)(=O)N1CCCc2ccc(NC(=O)c3ccc(OC(C)C)cc3)cc21. The van der Waals surface area contributed by atoms with Crippen LogP contribution in [0, 0.1) is 0 Å². The van der Waals surface area contributed by atoms with Crippen molar-refractivity contribution in [3.8, 4) is 5.75 Å². The van der Waals surface area contributed by atoms with Crippen LogP contribution in [0.25, 0.3) is 0 Å². The highest BCUT2D eigenvalue weighted by atomic mass is 32.2. The lowest BCUT2D eigenvalue weighted by Gasteiger charge is -2.30. The predicted octanol–water partition coefficient (Wildman–Crippen LogP) is 3.83. The summed E-state index contributed by atoms with van der Waals surface area (Å²) in [5.74, 6) is 0.505. The molecule has 1 heterocycles. The number of nitrogens with one attached hydrogen (secondary N) is 1. The van der Waals surface area contributed by atoms with Gasteiger partial charge < -0.3 is 10.1 Å². The number of benzene rings is 2. The lowest BCUT2D eigenvalue weighted by molar-refractivity contribution is 0.102. The zero-order valence-electron chi connectivity index (χ0n) is 16.4. The normalized spacial score (nSPS) is 13.9. The molecule has 0 aliphatic carbocycles. The average molecular weight is 403 g/mol. The summed E-state index contributed by atoms with van der Waals surface area (Å²) in [6.07, 6.45) is 1.69. The number of hydrogen-bond donors (Lipinski definition) is 1. The van der Waals surface area contributed by atoms with E-state index in [0.717, 1.165) is 18.4 Å². The van der Waals surface area contributed by atoms with Gasteiger partial charge in [-0.1, -0.05) is 6.07 Å². The van der Waals surface area contributed by atoms with Crippen molar-refractivity contribution < 1.29 is 17.9 Å². The Labute approximate surface area is 166 Å². The standard InChI is InChI=1S/C21H26N2O4S/c1-4-28(25,26)23-13-5-6-16-7-10-18(14-20(16)23)22-21(24)17-8-11-19(12-9-17)27-15(2)3/h7-12,14-15H,4-6,13H2,1-3H3,(H,22,24). The van der Waals surface area contributed by atoms with Gasteiger partial charge in [0, 0.05) is 17.8 Å². The number of nitrogens with zero attached hydrogens (tertiary/aromatic N) is 1. The summed E-state index contributed by atoms with van der Waals surface area (Å²) in [4.78, 5) is 12.6. The van der Waals surface area contributed by atoms with E-state index in [2.05, 4.69) is 5.32 Å². The van der Waals surface area contributed by atoms with Crippen molar-refractivity contribution in [2.45, 2.75) is 39.7 Å². The van der Waals surface area contributed by atoms with Gasteiger partial charge in [0.25, 0.3) is 5.91 Å². The van der Waals surface area contributed by atoms with Crippen molar-refractivity contribution in [1.29, 1.82) is 0 Å². The molecule has 0 fully saturated rings. The van der Waals surface area contributed by atoms with Crippen molar-refractivity contribution >= 4 is 27.3 Å². The number of carbonyl (C=O) groups excluding carboxylic acids is 1. The Hall–Kier alpha value is -2.54. The molecule has 1 N–H and O–H groups in total. The average Bonchev–Trinajstić information content (AvgIpc) is 2.67. The minimum absolute atomic E-state index is 0.0494. The molecule has 0 atom stereocenters. The molecule has 1 amide bonds. The first kappa shape index (κ1) is 20.2. The first-order chi connectivity index (χ1) is 13.3. The van der Waals surface area contributed by atoms with Crippen LogP contribution in [0.3, 0.4) is 0 Å². The molecule has 0 saturated carbocycles. The second-order valence-corrected chi connectivity index (χ2v) is 9.25. The Balaban J connectivity index is 1.80. The van der Waals surface area contributed by atoms with Crippen LogP contribution in [0.5, 0.6) is 5.75 Å². The molecule has 1 aliphatic heterocycles. The van der Waals surface area contributed by atoms with Gasteiger partial charge in [-0.2, -0.15) is 0 Å². The summed E-state index contributed by atoms with van der Waals surface area (Å²) in [5, 5.41) is 2.86. The number of carbonyl (C=O) groups is 1. The number of anilines is 2. The van der Waals surface area contributed by atoms with Crippen molar-refractivity contribution in [2.24, 2.45) is 0 Å². The van der Waals surface area contributed by atoms with Gasteiger partial charge in [0.05, 0.1) is 17.5 Å². The van der Waals surface area contributed by atoms with E-state index in [-0.39, 0.29) is 17.8 Å². The molecule has 0 bridgehead atoms. The maximum absolute atomic E-state index is 12.6. The van der Waals surface area contributed by atoms with E-state index in [1.165, 1.54) is 4.31 Å². The van der Waals surface area contributed by atoms with Gasteiger partial charge in [0.2, 0.25) is 10.0 Å². The summed E-state index contributed by atoms with van der Waals surface area (Å²) >= 11 is 0. The largest absolute Gasteiger partial charge is 0.491 e. The minimum atomic E-state index is -3.34. The van der Waals surface area contributed by atoms with Crippen LogP contribution in [0.4, 0.5) is 11.4 Å². The maximum atomic E-state index is 12.6. The molecule has 2 aromatic carbocycles. The van der Waals surface area contributed by atoms with E-state index in [0.29, 0.717) is 29.2 Å². The zero-order chi connectivity index (χ0) is 20.3. The Morgan fingerprint density at radius 1 is 1.18 bits per heavy atom. The third-order valence-corrected chi connectivity index (χ3v) is 6.39. The fourth-order valence-corrected chi connectivity index (χ4v) is 4.41. The van der Waals surface area contributed by atoms with Crippen molar-refractivity contribution in [2.75, 3.05) is 21.9 Å². The third kappa shape index (κ3) is 4.47. The second-order valence-electron chi connectivity index (χ2n) is 7.06. The van der Waals surface area contributed by atoms with Gasteiger partial charge >= 0.3 is 0 Å². The van der Waals surface area contributed by atoms with E-state index in [4.69, 9.17) is 4.74 Å². The van der Waals surface area contributed by atoms with Crippen LogP contribution in [0.1, 0.15) is 43.1 Å². The highest BCUT2D eigenvalue weighted by molar-refractivity contribution is 7.92. The Kier molecular flexibility index (Phi) is 5.93. The molecule has 3 rings (SSSR count). The Bertz CT molecular complexity index is 953. The van der Waals surface area contributed by atoms with E-state index in [9.17, 15) is 13.2 Å². The predicted molar refractivity (Wildman–Crippen MR) is 112 cm³/mol. The minimum Gasteiger partial charge on any atom is -0.491 e. The summed E-state index contributed by atoms with van der Waals surface area (Å²) in [6.45, 7) is 6.00. The molecule has 150 valence electrons. The number of ether oxygens (including phenoxy) is 1. The molecule has 0 unspecified atom stereocenters. The molecule has 7 heteroatoms. The quantitative estimate of drug-likeness (QED) is 0.797. The number of amides is 1. The molecule has 1 aliphatic rings. The van der Waals surface area contributed by atoms with E-state index >= 15 is 0 Å². The smallest absolute Gasteiger partial charge is 0.255 e. The first-order valence-corrected chi connectivity index (χ1v) is 11.1. The van der Waals surface area contributed by atoms with Gasteiger partial charge in [-0.25, -0.2) is 8.42 Å². The van der Waals surface area contributed by atoms with Crippen molar-refractivity contribution in [1.82, 2.24) is 0 Å². The fourth-order valence-electron chi connectivity index (χ4n) is 3.22. The van der Waals surface area contributed by atoms with E-state index in [1.807, 2.05) is 26.0 Å². The second kappa shape index (κ2) is 8.22. The lowest BCUT2D eigenvalue weighted by atomic mass is 10.0. The molecule has 6 nitrogen and oxygen atoms in total. The zero-order valence-corrected chi connectivity index (χ0v) is 17.3. The Morgan fingerprint density at radius 2 is 1.89 bits per heavy atom. The maximum Gasteiger partial charge on any atom is 0.255 e. The molecule has 2 aromatic rings. The Morgan fingerprint density at radius 3 is 2.54 bits per heavy atom. The van der Waals surface area contributed by atoms with Gasteiger partial charge in [0.1, 0.15) is 5.75 Å². The number of hydrogen-bond acceptors (Lipinski definition) is 4. The lowest BCUT2D eigenvalue weighted by Crippen LogP contribution is -2.36. The van der Waals surface area contributed by atoms with Crippen LogP contribution < -0.4 is 14.4 Å². The highest BCUT2D eigenvalue weighted by Gasteiger charge is 2.26. The number of rotatable bonds is 6. The van der Waals surface area contributed by atoms with Gasteiger partial charge in [-0.05, 0) is 75.6 Å².